The zero-order chi connectivity index (χ0) is 13.8. The van der Waals surface area contributed by atoms with Crippen molar-refractivity contribution in [1.29, 1.82) is 0 Å². The Labute approximate surface area is 113 Å². The van der Waals surface area contributed by atoms with Gasteiger partial charge in [0.1, 0.15) is 0 Å². The Morgan fingerprint density at radius 1 is 1.21 bits per heavy atom. The van der Waals surface area contributed by atoms with Gasteiger partial charge in [0.15, 0.2) is 0 Å². The summed E-state index contributed by atoms with van der Waals surface area (Å²) in [6, 6.07) is 0.368. The molecule has 2 aliphatic rings. The van der Waals surface area contributed by atoms with Gasteiger partial charge in [-0.2, -0.15) is 0 Å². The van der Waals surface area contributed by atoms with Crippen LogP contribution in [0.3, 0.4) is 0 Å². The summed E-state index contributed by atoms with van der Waals surface area (Å²) in [5, 5.41) is 9.09. The number of methoxy groups -OCH3 is 1. The molecule has 0 aromatic heterocycles. The van der Waals surface area contributed by atoms with Crippen LogP contribution < -0.4 is 0 Å². The number of hydrogen-bond acceptors (Lipinski definition) is 3. The molecule has 5 nitrogen and oxygen atoms in total. The maximum absolute atomic E-state index is 12.5. The van der Waals surface area contributed by atoms with E-state index in [4.69, 9.17) is 9.84 Å². The van der Waals surface area contributed by atoms with Crippen molar-refractivity contribution in [2.45, 2.75) is 44.6 Å². The van der Waals surface area contributed by atoms with Crippen LogP contribution in [-0.4, -0.2) is 48.2 Å². The number of hydrogen-bond donors (Lipinski definition) is 1. The Bertz CT molecular complexity index is 340. The average Bonchev–Trinajstić information content (AvgIpc) is 3.23. The molecule has 2 rings (SSSR count). The molecule has 0 spiro atoms. The number of ether oxygens (including phenoxy) is 1. The molecular weight excluding hydrogens is 246 g/mol. The summed E-state index contributed by atoms with van der Waals surface area (Å²) in [6.45, 7) is 1.19. The molecule has 0 heterocycles. The number of carbonyl (C=O) groups is 2. The Morgan fingerprint density at radius 2 is 1.89 bits per heavy atom. The second-order valence-corrected chi connectivity index (χ2v) is 5.65. The number of nitrogens with zero attached hydrogens (tertiary/aromatic N) is 1. The summed E-state index contributed by atoms with van der Waals surface area (Å²) in [6.07, 6.45) is 5.04. The number of aliphatic carboxylic acids is 1. The SMILES string of the molecule is COCCN(C(=O)C1CCCC(C(=O)O)C1)C1CC1. The van der Waals surface area contributed by atoms with Crippen molar-refractivity contribution < 1.29 is 19.4 Å². The summed E-state index contributed by atoms with van der Waals surface area (Å²) in [4.78, 5) is 25.5. The maximum atomic E-state index is 12.5. The van der Waals surface area contributed by atoms with Crippen LogP contribution in [0.4, 0.5) is 0 Å². The fraction of sp³-hybridized carbons (Fsp3) is 0.857. The van der Waals surface area contributed by atoms with Gasteiger partial charge in [-0.25, -0.2) is 0 Å². The van der Waals surface area contributed by atoms with Crippen LogP contribution >= 0.6 is 0 Å². The van der Waals surface area contributed by atoms with Crippen LogP contribution in [0.1, 0.15) is 38.5 Å². The lowest BCUT2D eigenvalue weighted by atomic mass is 9.80. The van der Waals surface area contributed by atoms with Gasteiger partial charge >= 0.3 is 5.97 Å². The van der Waals surface area contributed by atoms with E-state index in [0.717, 1.165) is 25.7 Å². The molecule has 0 saturated heterocycles. The fourth-order valence-electron chi connectivity index (χ4n) is 2.92. The quantitative estimate of drug-likeness (QED) is 0.794. The van der Waals surface area contributed by atoms with E-state index in [-0.39, 0.29) is 17.7 Å². The van der Waals surface area contributed by atoms with Crippen molar-refractivity contribution in [1.82, 2.24) is 4.90 Å². The highest BCUT2D eigenvalue weighted by molar-refractivity contribution is 5.81. The minimum Gasteiger partial charge on any atom is -0.481 e. The zero-order valence-corrected chi connectivity index (χ0v) is 11.5. The van der Waals surface area contributed by atoms with Crippen molar-refractivity contribution in [3.63, 3.8) is 0 Å². The van der Waals surface area contributed by atoms with E-state index in [1.54, 1.807) is 7.11 Å². The number of carboxylic acids is 1. The van der Waals surface area contributed by atoms with Crippen molar-refractivity contribution in [3.05, 3.63) is 0 Å². The second kappa shape index (κ2) is 6.37. The molecule has 2 fully saturated rings. The first-order valence-corrected chi connectivity index (χ1v) is 7.15. The van der Waals surface area contributed by atoms with E-state index in [1.807, 2.05) is 4.90 Å². The second-order valence-electron chi connectivity index (χ2n) is 5.65. The first-order valence-electron chi connectivity index (χ1n) is 7.15. The minimum atomic E-state index is -0.757. The van der Waals surface area contributed by atoms with Gasteiger partial charge in [-0.15, -0.1) is 0 Å². The van der Waals surface area contributed by atoms with Gasteiger partial charge in [0.05, 0.1) is 12.5 Å². The highest BCUT2D eigenvalue weighted by atomic mass is 16.5. The van der Waals surface area contributed by atoms with E-state index < -0.39 is 5.97 Å². The molecular formula is C14H23NO4. The van der Waals surface area contributed by atoms with Gasteiger partial charge in [0.2, 0.25) is 5.91 Å². The minimum absolute atomic E-state index is 0.104. The fourth-order valence-corrected chi connectivity index (χ4v) is 2.92. The van der Waals surface area contributed by atoms with Crippen molar-refractivity contribution in [2.24, 2.45) is 11.8 Å². The molecule has 0 bridgehead atoms. The van der Waals surface area contributed by atoms with Gasteiger partial charge in [-0.05, 0) is 32.1 Å². The van der Waals surface area contributed by atoms with Crippen LogP contribution in [0, 0.1) is 11.8 Å². The molecule has 0 aromatic carbocycles. The first-order chi connectivity index (χ1) is 9.13. The molecule has 2 unspecified atom stereocenters. The topological polar surface area (TPSA) is 66.8 Å². The predicted octanol–water partition coefficient (Wildman–Crippen LogP) is 1.51. The van der Waals surface area contributed by atoms with Gasteiger partial charge in [-0.3, -0.25) is 9.59 Å². The molecule has 0 aromatic rings. The molecule has 2 aliphatic carbocycles. The van der Waals surface area contributed by atoms with Gasteiger partial charge in [0.25, 0.3) is 0 Å². The van der Waals surface area contributed by atoms with Crippen LogP contribution in [0.5, 0.6) is 0 Å². The number of carbonyl (C=O) groups excluding carboxylic acids is 1. The van der Waals surface area contributed by atoms with E-state index in [0.29, 0.717) is 32.0 Å². The van der Waals surface area contributed by atoms with Crippen LogP contribution in [0.15, 0.2) is 0 Å². The highest BCUT2D eigenvalue weighted by Gasteiger charge is 2.38. The molecule has 0 radical (unpaired) electrons. The number of rotatable bonds is 6. The molecule has 1 N–H and O–H groups in total. The molecule has 1 amide bonds. The van der Waals surface area contributed by atoms with Gasteiger partial charge < -0.3 is 14.7 Å². The zero-order valence-electron chi connectivity index (χ0n) is 11.5. The van der Waals surface area contributed by atoms with E-state index in [9.17, 15) is 9.59 Å². The molecule has 2 saturated carbocycles. The Kier molecular flexibility index (Phi) is 4.80. The lowest BCUT2D eigenvalue weighted by Crippen LogP contribution is -2.42. The standard InChI is InChI=1S/C14H23NO4/c1-19-8-7-15(12-5-6-12)13(16)10-3-2-4-11(9-10)14(17)18/h10-12H,2-9H2,1H3,(H,17,18). The summed E-state index contributed by atoms with van der Waals surface area (Å²) in [7, 11) is 1.64. The van der Waals surface area contributed by atoms with E-state index >= 15 is 0 Å². The van der Waals surface area contributed by atoms with Crippen LogP contribution in [0.2, 0.25) is 0 Å². The largest absolute Gasteiger partial charge is 0.481 e. The van der Waals surface area contributed by atoms with Crippen LogP contribution in [-0.2, 0) is 14.3 Å². The van der Waals surface area contributed by atoms with Crippen molar-refractivity contribution in [3.8, 4) is 0 Å². The van der Waals surface area contributed by atoms with Gasteiger partial charge in [-0.1, -0.05) is 6.42 Å². The Balaban J connectivity index is 1.94. The molecule has 0 aliphatic heterocycles. The Morgan fingerprint density at radius 3 is 2.47 bits per heavy atom. The highest BCUT2D eigenvalue weighted by Crippen LogP contribution is 2.34. The van der Waals surface area contributed by atoms with Crippen molar-refractivity contribution >= 4 is 11.9 Å². The number of carboxylic acid groups (broad SMARTS) is 1. The first kappa shape index (κ1) is 14.3. The molecule has 19 heavy (non-hydrogen) atoms. The molecule has 2 atom stereocenters. The number of amides is 1. The van der Waals surface area contributed by atoms with Crippen LogP contribution in [0.25, 0.3) is 0 Å². The monoisotopic (exact) mass is 269 g/mol. The normalized spacial score (nSPS) is 27.0. The lowest BCUT2D eigenvalue weighted by molar-refractivity contribution is -0.145. The molecule has 5 heteroatoms. The maximum Gasteiger partial charge on any atom is 0.306 e. The third-order valence-electron chi connectivity index (χ3n) is 4.18. The average molecular weight is 269 g/mol. The Hall–Kier alpha value is -1.10. The van der Waals surface area contributed by atoms with Crippen molar-refractivity contribution in [2.75, 3.05) is 20.3 Å². The summed E-state index contributed by atoms with van der Waals surface area (Å²) in [5.74, 6) is -1.06. The van der Waals surface area contributed by atoms with E-state index in [2.05, 4.69) is 0 Å². The predicted molar refractivity (Wildman–Crippen MR) is 69.7 cm³/mol. The summed E-state index contributed by atoms with van der Waals surface area (Å²) >= 11 is 0. The smallest absolute Gasteiger partial charge is 0.306 e. The summed E-state index contributed by atoms with van der Waals surface area (Å²) in [5.41, 5.74) is 0. The van der Waals surface area contributed by atoms with Gasteiger partial charge in [0, 0.05) is 25.6 Å². The third kappa shape index (κ3) is 3.69. The third-order valence-corrected chi connectivity index (χ3v) is 4.18. The lowest BCUT2D eigenvalue weighted by Gasteiger charge is -2.31. The summed E-state index contributed by atoms with van der Waals surface area (Å²) < 4.78 is 5.06. The van der Waals surface area contributed by atoms with E-state index in [1.165, 1.54) is 0 Å². The molecule has 108 valence electrons.